The maximum absolute atomic E-state index is 12.8. The molecule has 176 valence electrons. The summed E-state index contributed by atoms with van der Waals surface area (Å²) in [6.07, 6.45) is 4.77. The van der Waals surface area contributed by atoms with Crippen LogP contribution in [-0.2, 0) is 10.1 Å². The number of ether oxygens (including phenoxy) is 1. The topological polar surface area (TPSA) is 105 Å². The molecule has 8 nitrogen and oxygen atoms in total. The highest BCUT2D eigenvalue weighted by molar-refractivity contribution is 7.87. The molecule has 4 aromatic rings. The van der Waals surface area contributed by atoms with Crippen LogP contribution in [0.2, 0.25) is 0 Å². The van der Waals surface area contributed by atoms with Crippen molar-refractivity contribution in [2.75, 3.05) is 17.7 Å². The smallest absolute Gasteiger partial charge is 0.339 e. The molecule has 1 aliphatic rings. The number of aromatic nitrogens is 2. The van der Waals surface area contributed by atoms with E-state index in [1.165, 1.54) is 12.8 Å². The third kappa shape index (κ3) is 4.94. The highest BCUT2D eigenvalue weighted by atomic mass is 32.2. The highest BCUT2D eigenvalue weighted by Crippen LogP contribution is 2.27. The van der Waals surface area contributed by atoms with Gasteiger partial charge in [0.1, 0.15) is 16.4 Å². The molecule has 1 heterocycles. The molecular formula is C25H26N4O4S. The summed E-state index contributed by atoms with van der Waals surface area (Å²) in [6, 6.07) is 19.5. The van der Waals surface area contributed by atoms with E-state index in [0.717, 1.165) is 30.0 Å². The number of hydrogen-bond acceptors (Lipinski definition) is 7. The molecule has 0 spiro atoms. The van der Waals surface area contributed by atoms with Gasteiger partial charge in [0, 0.05) is 23.5 Å². The maximum Gasteiger partial charge on any atom is 0.339 e. The Bertz CT molecular complexity index is 1380. The van der Waals surface area contributed by atoms with Gasteiger partial charge in [-0.05, 0) is 73.5 Å². The molecule has 9 heteroatoms. The molecule has 0 amide bonds. The van der Waals surface area contributed by atoms with E-state index >= 15 is 0 Å². The van der Waals surface area contributed by atoms with Crippen LogP contribution in [0, 0.1) is 0 Å². The third-order valence-electron chi connectivity index (χ3n) is 5.88. The van der Waals surface area contributed by atoms with Gasteiger partial charge in [-0.15, -0.1) is 0 Å². The van der Waals surface area contributed by atoms with Crippen molar-refractivity contribution in [1.29, 1.82) is 0 Å². The molecule has 1 fully saturated rings. The average Bonchev–Trinajstić information content (AvgIpc) is 3.49. The fourth-order valence-electron chi connectivity index (χ4n) is 4.11. The minimum atomic E-state index is -3.96. The summed E-state index contributed by atoms with van der Waals surface area (Å²) < 4.78 is 36.2. The second-order valence-electron chi connectivity index (χ2n) is 8.31. The van der Waals surface area contributed by atoms with Gasteiger partial charge in [-0.3, -0.25) is 0 Å². The quantitative estimate of drug-likeness (QED) is 0.290. The lowest BCUT2D eigenvalue weighted by molar-refractivity contribution is 0.415. The van der Waals surface area contributed by atoms with Gasteiger partial charge in [-0.25, -0.2) is 4.98 Å². The number of benzene rings is 3. The Morgan fingerprint density at radius 2 is 1.59 bits per heavy atom. The number of imidazole rings is 1. The van der Waals surface area contributed by atoms with Crippen LogP contribution in [-0.4, -0.2) is 31.5 Å². The first-order valence-corrected chi connectivity index (χ1v) is 12.6. The molecule has 5 rings (SSSR count). The van der Waals surface area contributed by atoms with Crippen molar-refractivity contribution in [3.05, 3.63) is 66.7 Å². The molecule has 0 radical (unpaired) electrons. The van der Waals surface area contributed by atoms with E-state index < -0.39 is 10.1 Å². The molecule has 3 aromatic carbocycles. The first-order valence-electron chi connectivity index (χ1n) is 11.2. The lowest BCUT2D eigenvalue weighted by atomic mass is 10.2. The van der Waals surface area contributed by atoms with Crippen LogP contribution >= 0.6 is 0 Å². The second kappa shape index (κ2) is 9.26. The first-order chi connectivity index (χ1) is 16.5. The number of fused-ring (bicyclic) bond motifs is 1. The summed E-state index contributed by atoms with van der Waals surface area (Å²) in [6.45, 7) is 0. The fourth-order valence-corrected chi connectivity index (χ4v) is 5.03. The monoisotopic (exact) mass is 478 g/mol. The van der Waals surface area contributed by atoms with Gasteiger partial charge < -0.3 is 24.5 Å². The van der Waals surface area contributed by atoms with Gasteiger partial charge in [0.15, 0.2) is 0 Å². The normalized spacial score (nSPS) is 14.3. The minimum absolute atomic E-state index is 0.107. The largest absolute Gasteiger partial charge is 0.497 e. The summed E-state index contributed by atoms with van der Waals surface area (Å²) in [5, 5.41) is 6.64. The zero-order valence-corrected chi connectivity index (χ0v) is 19.6. The summed E-state index contributed by atoms with van der Waals surface area (Å²) in [5.41, 5.74) is 3.09. The second-order valence-corrected chi connectivity index (χ2v) is 9.85. The van der Waals surface area contributed by atoms with E-state index in [4.69, 9.17) is 8.92 Å². The zero-order chi connectivity index (χ0) is 23.5. The number of rotatable bonds is 8. The van der Waals surface area contributed by atoms with Crippen LogP contribution in [0.3, 0.4) is 0 Å². The first kappa shape index (κ1) is 22.1. The molecule has 0 bridgehead atoms. The van der Waals surface area contributed by atoms with Crippen LogP contribution in [0.15, 0.2) is 71.6 Å². The predicted molar refractivity (Wildman–Crippen MR) is 133 cm³/mol. The number of methoxy groups -OCH3 is 1. The molecule has 1 aliphatic carbocycles. The Kier molecular flexibility index (Phi) is 6.02. The van der Waals surface area contributed by atoms with Crippen LogP contribution in [0.25, 0.3) is 11.0 Å². The van der Waals surface area contributed by atoms with Crippen molar-refractivity contribution in [3.8, 4) is 11.5 Å². The lowest BCUT2D eigenvalue weighted by Crippen LogP contribution is -2.14. The van der Waals surface area contributed by atoms with E-state index in [-0.39, 0.29) is 10.6 Å². The van der Waals surface area contributed by atoms with E-state index in [0.29, 0.717) is 23.0 Å². The Morgan fingerprint density at radius 3 is 2.29 bits per heavy atom. The summed E-state index contributed by atoms with van der Waals surface area (Å²) in [5.74, 6) is 1.50. The van der Waals surface area contributed by atoms with E-state index in [2.05, 4.69) is 20.6 Å². The van der Waals surface area contributed by atoms with Crippen molar-refractivity contribution < 1.29 is 17.3 Å². The summed E-state index contributed by atoms with van der Waals surface area (Å²) >= 11 is 0. The Balaban J connectivity index is 1.28. The van der Waals surface area contributed by atoms with Crippen molar-refractivity contribution in [1.82, 2.24) is 9.97 Å². The van der Waals surface area contributed by atoms with Crippen LogP contribution in [0.1, 0.15) is 25.7 Å². The Hall–Kier alpha value is -3.72. The number of hydrogen-bond donors (Lipinski definition) is 3. The van der Waals surface area contributed by atoms with Gasteiger partial charge in [-0.1, -0.05) is 12.8 Å². The summed E-state index contributed by atoms with van der Waals surface area (Å²) in [4.78, 5) is 7.74. The van der Waals surface area contributed by atoms with Crippen LogP contribution in [0.4, 0.5) is 17.3 Å². The van der Waals surface area contributed by atoms with Crippen LogP contribution < -0.4 is 19.6 Å². The van der Waals surface area contributed by atoms with Gasteiger partial charge >= 0.3 is 10.1 Å². The van der Waals surface area contributed by atoms with E-state index in [9.17, 15) is 8.42 Å². The predicted octanol–water partition coefficient (Wildman–Crippen LogP) is 5.44. The molecule has 0 saturated heterocycles. The zero-order valence-electron chi connectivity index (χ0n) is 18.7. The molecule has 1 saturated carbocycles. The Morgan fingerprint density at radius 1 is 0.912 bits per heavy atom. The minimum Gasteiger partial charge on any atom is -0.497 e. The summed E-state index contributed by atoms with van der Waals surface area (Å²) in [7, 11) is -2.35. The molecule has 0 aliphatic heterocycles. The standard InChI is InChI=1S/C25H26N4O4S/c1-32-20-10-6-19(7-11-20)27-25-28-23-15-12-21(16-24(23)29-25)33-34(30,31)22-13-8-18(9-14-22)26-17-4-2-3-5-17/h6-17,26H,2-5H2,1H3,(H2,27,28,29). The molecule has 0 unspecified atom stereocenters. The van der Waals surface area contributed by atoms with Gasteiger partial charge in [0.05, 0.1) is 18.1 Å². The molecule has 0 atom stereocenters. The van der Waals surface area contributed by atoms with Crippen molar-refractivity contribution in [2.45, 2.75) is 36.6 Å². The molecule has 34 heavy (non-hydrogen) atoms. The number of anilines is 3. The van der Waals surface area contributed by atoms with E-state index in [1.807, 2.05) is 24.3 Å². The lowest BCUT2D eigenvalue weighted by Gasteiger charge is -2.14. The van der Waals surface area contributed by atoms with Crippen molar-refractivity contribution >= 4 is 38.5 Å². The maximum atomic E-state index is 12.8. The molecular weight excluding hydrogens is 452 g/mol. The highest BCUT2D eigenvalue weighted by Gasteiger charge is 2.19. The van der Waals surface area contributed by atoms with Crippen molar-refractivity contribution in [2.24, 2.45) is 0 Å². The average molecular weight is 479 g/mol. The number of nitrogens with one attached hydrogen (secondary N) is 3. The molecule has 3 N–H and O–H groups in total. The van der Waals surface area contributed by atoms with E-state index in [1.54, 1.807) is 49.6 Å². The SMILES string of the molecule is COc1ccc(Nc2nc3ccc(OS(=O)(=O)c4ccc(NC5CCCC5)cc4)cc3[nH]2)cc1. The van der Waals surface area contributed by atoms with Gasteiger partial charge in [0.2, 0.25) is 5.95 Å². The third-order valence-corrected chi connectivity index (χ3v) is 7.14. The molecule has 1 aromatic heterocycles. The van der Waals surface area contributed by atoms with Crippen LogP contribution in [0.5, 0.6) is 11.5 Å². The van der Waals surface area contributed by atoms with Crippen molar-refractivity contribution in [3.63, 3.8) is 0 Å². The number of aromatic amines is 1. The number of nitrogens with zero attached hydrogens (tertiary/aromatic N) is 1. The van der Waals surface area contributed by atoms with Gasteiger partial charge in [-0.2, -0.15) is 8.42 Å². The Labute approximate surface area is 198 Å². The fraction of sp³-hybridized carbons (Fsp3) is 0.240. The number of H-pyrrole nitrogens is 1. The van der Waals surface area contributed by atoms with Gasteiger partial charge in [0.25, 0.3) is 0 Å².